The third-order valence-electron chi connectivity index (χ3n) is 4.35. The molecule has 1 unspecified atom stereocenters. The number of hydrogen-bond donors (Lipinski definition) is 2. The molecule has 0 saturated carbocycles. The van der Waals surface area contributed by atoms with Crippen molar-refractivity contribution < 1.29 is 14.2 Å². The van der Waals surface area contributed by atoms with Gasteiger partial charge in [-0.05, 0) is 6.42 Å². The summed E-state index contributed by atoms with van der Waals surface area (Å²) in [7, 11) is -2.58. The highest BCUT2D eigenvalue weighted by atomic mass is 31.1. The zero-order valence-corrected chi connectivity index (χ0v) is 16.0. The van der Waals surface area contributed by atoms with Gasteiger partial charge in [0, 0.05) is 6.54 Å². The first-order chi connectivity index (χ1) is 11.2. The Labute approximate surface area is 143 Å². The Morgan fingerprint density at radius 2 is 1.13 bits per heavy atom. The Kier molecular flexibility index (Phi) is 18.0. The Balaban J connectivity index is 3.10. The molecule has 23 heavy (non-hydrogen) atoms. The minimum Gasteiger partial charge on any atom is -0.392 e. The van der Waals surface area contributed by atoms with Crippen molar-refractivity contribution in [1.82, 2.24) is 5.09 Å². The molecule has 0 spiro atoms. The summed E-state index contributed by atoms with van der Waals surface area (Å²) in [6, 6.07) is 0. The van der Waals surface area contributed by atoms with Crippen LogP contribution in [0.4, 0.5) is 0 Å². The molecule has 0 radical (unpaired) electrons. The van der Waals surface area contributed by atoms with Crippen molar-refractivity contribution in [3.8, 4) is 0 Å². The summed E-state index contributed by atoms with van der Waals surface area (Å²) in [6.07, 6.45) is 18.6. The van der Waals surface area contributed by atoms with E-state index in [1.165, 1.54) is 77.0 Å². The maximum Gasteiger partial charge on any atom is 0.396 e. The van der Waals surface area contributed by atoms with E-state index in [1.54, 1.807) is 0 Å². The Morgan fingerprint density at radius 3 is 1.52 bits per heavy atom. The molecule has 0 aliphatic heterocycles. The summed E-state index contributed by atoms with van der Waals surface area (Å²) < 4.78 is 20.6. The molecule has 0 bridgehead atoms. The Hall–Kier alpha value is -0.180. The Morgan fingerprint density at radius 1 is 0.739 bits per heavy atom. The fraction of sp³-hybridized carbons (Fsp3) is 1.00. The molecule has 4 nitrogen and oxygen atoms in total. The molecule has 0 aromatic carbocycles. The van der Waals surface area contributed by atoms with E-state index in [2.05, 4.69) is 12.0 Å². The van der Waals surface area contributed by atoms with Gasteiger partial charge in [0.2, 0.25) is 0 Å². The number of aliphatic hydroxyl groups excluding tert-OH is 1. The molecule has 0 aromatic rings. The van der Waals surface area contributed by atoms with E-state index in [0.717, 1.165) is 12.8 Å². The topological polar surface area (TPSA) is 66.4 Å². The molecular formula is C18H38NO3P. The molecular weight excluding hydrogens is 309 g/mol. The van der Waals surface area contributed by atoms with Crippen LogP contribution in [-0.2, 0) is 9.13 Å². The van der Waals surface area contributed by atoms with E-state index in [0.29, 0.717) is 6.42 Å². The number of rotatable bonds is 18. The minimum atomic E-state index is -2.58. The first kappa shape index (κ1) is 22.8. The molecule has 0 heterocycles. The summed E-state index contributed by atoms with van der Waals surface area (Å²) in [6.45, 7) is 2.41. The standard InChI is InChI=1S/C18H38NO3P/c1-2-3-4-5-6-7-8-9-10-11-12-13-14-15-16-18(20)17-19-23(21)22/h18,20H,2-17H2,1H3,(H,19,21,22). The van der Waals surface area contributed by atoms with Crippen molar-refractivity contribution in [2.24, 2.45) is 0 Å². The van der Waals surface area contributed by atoms with Gasteiger partial charge in [-0.25, -0.2) is 14.2 Å². The average molecular weight is 347 g/mol. The fourth-order valence-electron chi connectivity index (χ4n) is 2.86. The molecule has 5 heteroatoms. The molecule has 0 saturated heterocycles. The molecule has 0 amide bonds. The number of aliphatic hydroxyl groups is 1. The van der Waals surface area contributed by atoms with E-state index in [-0.39, 0.29) is 6.54 Å². The minimum absolute atomic E-state index is 0.150. The summed E-state index contributed by atoms with van der Waals surface area (Å²) in [5.74, 6) is 0. The lowest BCUT2D eigenvalue weighted by Gasteiger charge is -2.08. The van der Waals surface area contributed by atoms with Gasteiger partial charge in [0.15, 0.2) is 0 Å². The summed E-state index contributed by atoms with van der Waals surface area (Å²) >= 11 is 0. The Bertz CT molecular complexity index is 301. The van der Waals surface area contributed by atoms with Crippen molar-refractivity contribution in [3.05, 3.63) is 0 Å². The lowest BCUT2D eigenvalue weighted by Crippen LogP contribution is -2.20. The predicted molar refractivity (Wildman–Crippen MR) is 97.2 cm³/mol. The number of nitrogens with one attached hydrogen (secondary N) is 1. The van der Waals surface area contributed by atoms with Gasteiger partial charge in [0.25, 0.3) is 0 Å². The molecule has 0 aliphatic rings. The maximum absolute atomic E-state index is 10.3. The zero-order chi connectivity index (χ0) is 17.2. The smallest absolute Gasteiger partial charge is 0.392 e. The quantitative estimate of drug-likeness (QED) is 0.239. The largest absolute Gasteiger partial charge is 0.396 e. The van der Waals surface area contributed by atoms with Crippen LogP contribution in [0.15, 0.2) is 0 Å². The van der Waals surface area contributed by atoms with Crippen molar-refractivity contribution >= 4 is 7.83 Å². The van der Waals surface area contributed by atoms with Crippen LogP contribution in [0.25, 0.3) is 0 Å². The van der Waals surface area contributed by atoms with E-state index in [4.69, 9.17) is 0 Å². The SMILES string of the molecule is CCCCCCCCCCCCCCCCC(O)CNP(=O)=O. The van der Waals surface area contributed by atoms with E-state index < -0.39 is 13.9 Å². The summed E-state index contributed by atoms with van der Waals surface area (Å²) in [4.78, 5) is 0. The molecule has 0 fully saturated rings. The van der Waals surface area contributed by atoms with Gasteiger partial charge >= 0.3 is 7.83 Å². The molecule has 0 aliphatic carbocycles. The number of unbranched alkanes of at least 4 members (excludes halogenated alkanes) is 13. The fourth-order valence-corrected chi connectivity index (χ4v) is 3.22. The monoisotopic (exact) mass is 347 g/mol. The highest BCUT2D eigenvalue weighted by molar-refractivity contribution is 7.28. The highest BCUT2D eigenvalue weighted by Gasteiger charge is 2.04. The van der Waals surface area contributed by atoms with Crippen LogP contribution in [0.2, 0.25) is 0 Å². The second-order valence-electron chi connectivity index (χ2n) is 6.66. The lowest BCUT2D eigenvalue weighted by atomic mass is 10.0. The maximum atomic E-state index is 10.3. The van der Waals surface area contributed by atoms with Crippen molar-refractivity contribution in [2.45, 2.75) is 109 Å². The zero-order valence-electron chi connectivity index (χ0n) is 15.1. The van der Waals surface area contributed by atoms with Crippen molar-refractivity contribution in [2.75, 3.05) is 6.54 Å². The average Bonchev–Trinajstić information content (AvgIpc) is 2.53. The molecule has 138 valence electrons. The number of hydrogen-bond acceptors (Lipinski definition) is 3. The van der Waals surface area contributed by atoms with Crippen LogP contribution in [0, 0.1) is 0 Å². The normalized spacial score (nSPS) is 12.4. The summed E-state index contributed by atoms with van der Waals surface area (Å²) in [5, 5.41) is 11.8. The molecule has 2 N–H and O–H groups in total. The van der Waals surface area contributed by atoms with Gasteiger partial charge in [-0.3, -0.25) is 0 Å². The van der Waals surface area contributed by atoms with Crippen molar-refractivity contribution in [3.63, 3.8) is 0 Å². The van der Waals surface area contributed by atoms with Gasteiger partial charge in [-0.1, -0.05) is 96.8 Å². The van der Waals surface area contributed by atoms with Gasteiger partial charge in [0.05, 0.1) is 6.10 Å². The van der Waals surface area contributed by atoms with Crippen molar-refractivity contribution in [1.29, 1.82) is 0 Å². The van der Waals surface area contributed by atoms with E-state index >= 15 is 0 Å². The van der Waals surface area contributed by atoms with Gasteiger partial charge in [-0.2, -0.15) is 0 Å². The lowest BCUT2D eigenvalue weighted by molar-refractivity contribution is 0.164. The van der Waals surface area contributed by atoms with Crippen LogP contribution in [-0.4, -0.2) is 17.8 Å². The van der Waals surface area contributed by atoms with Crippen LogP contribution in [0.5, 0.6) is 0 Å². The van der Waals surface area contributed by atoms with Gasteiger partial charge < -0.3 is 5.11 Å². The van der Waals surface area contributed by atoms with E-state index in [1.807, 2.05) is 0 Å². The van der Waals surface area contributed by atoms with E-state index in [9.17, 15) is 14.2 Å². The second kappa shape index (κ2) is 18.2. The molecule has 1 atom stereocenters. The van der Waals surface area contributed by atoms with Gasteiger partial charge in [0.1, 0.15) is 0 Å². The third-order valence-corrected chi connectivity index (χ3v) is 4.79. The second-order valence-corrected chi connectivity index (χ2v) is 7.49. The van der Waals surface area contributed by atoms with Crippen LogP contribution in [0.1, 0.15) is 103 Å². The summed E-state index contributed by atoms with van der Waals surface area (Å²) in [5.41, 5.74) is 0. The van der Waals surface area contributed by atoms with Gasteiger partial charge in [-0.15, -0.1) is 0 Å². The van der Waals surface area contributed by atoms with Crippen LogP contribution >= 0.6 is 7.83 Å². The first-order valence-corrected chi connectivity index (χ1v) is 10.9. The molecule has 0 aromatic heterocycles. The molecule has 0 rings (SSSR count). The predicted octanol–water partition coefficient (Wildman–Crippen LogP) is 5.90. The van der Waals surface area contributed by atoms with Crippen LogP contribution < -0.4 is 5.09 Å². The highest BCUT2D eigenvalue weighted by Crippen LogP contribution is 2.13. The van der Waals surface area contributed by atoms with Crippen LogP contribution in [0.3, 0.4) is 0 Å². The third kappa shape index (κ3) is 19.8. The first-order valence-electron chi connectivity index (χ1n) is 9.72.